The van der Waals surface area contributed by atoms with Crippen LogP contribution in [0.3, 0.4) is 0 Å². The van der Waals surface area contributed by atoms with Gasteiger partial charge < -0.3 is 25.5 Å². The van der Waals surface area contributed by atoms with E-state index >= 15 is 0 Å². The molecule has 9 heteroatoms. The van der Waals surface area contributed by atoms with Crippen LogP contribution >= 0.6 is 11.8 Å². The molecule has 3 amide bonds. The Morgan fingerprint density at radius 1 is 1.13 bits per heavy atom. The number of hydrogen-bond donors (Lipinski definition) is 2. The summed E-state index contributed by atoms with van der Waals surface area (Å²) in [6.45, 7) is 8.28. The monoisotopic (exact) mass is 444 g/mol. The Balaban J connectivity index is 2.86. The molecule has 0 aromatic carbocycles. The second-order valence-corrected chi connectivity index (χ2v) is 9.93. The van der Waals surface area contributed by atoms with Gasteiger partial charge in [-0.2, -0.15) is 11.8 Å². The third-order valence-electron chi connectivity index (χ3n) is 5.47. The molecule has 0 unspecified atom stereocenters. The number of carbonyl (C=O) groups excluding carboxylic acids is 3. The van der Waals surface area contributed by atoms with Gasteiger partial charge in [0, 0.05) is 45.0 Å². The second-order valence-electron chi connectivity index (χ2n) is 8.78. The van der Waals surface area contributed by atoms with Crippen molar-refractivity contribution in [2.75, 3.05) is 45.2 Å². The van der Waals surface area contributed by atoms with E-state index in [0.29, 0.717) is 18.6 Å². The Morgan fingerprint density at radius 3 is 2.23 bits per heavy atom. The number of primary amides is 1. The van der Waals surface area contributed by atoms with Gasteiger partial charge in [0.25, 0.3) is 0 Å². The number of rotatable bonds is 13. The predicted octanol–water partition coefficient (Wildman–Crippen LogP) is 0.916. The van der Waals surface area contributed by atoms with Crippen molar-refractivity contribution in [3.05, 3.63) is 0 Å². The Labute approximate surface area is 185 Å². The molecule has 0 saturated carbocycles. The molecule has 174 valence electrons. The van der Waals surface area contributed by atoms with Crippen LogP contribution < -0.4 is 5.73 Å². The van der Waals surface area contributed by atoms with Gasteiger partial charge in [-0.1, -0.05) is 6.92 Å². The van der Waals surface area contributed by atoms with Crippen molar-refractivity contribution in [3.8, 4) is 0 Å². The van der Waals surface area contributed by atoms with E-state index in [4.69, 9.17) is 5.73 Å². The van der Waals surface area contributed by atoms with Gasteiger partial charge in [-0.3, -0.25) is 14.4 Å². The van der Waals surface area contributed by atoms with E-state index in [9.17, 15) is 19.5 Å². The van der Waals surface area contributed by atoms with Crippen LogP contribution in [-0.2, 0) is 14.4 Å². The Kier molecular flexibility index (Phi) is 11.1. The van der Waals surface area contributed by atoms with Crippen LogP contribution in [0.4, 0.5) is 0 Å². The van der Waals surface area contributed by atoms with Crippen LogP contribution in [-0.4, -0.2) is 100 Å². The average Bonchev–Trinajstić information content (AvgIpc) is 3.17. The highest BCUT2D eigenvalue weighted by molar-refractivity contribution is 7.99. The molecular formula is C21H40N4O4S. The van der Waals surface area contributed by atoms with E-state index in [2.05, 4.69) is 4.90 Å². The molecule has 0 aromatic rings. The molecule has 1 aliphatic heterocycles. The number of carbonyl (C=O) groups is 3. The van der Waals surface area contributed by atoms with E-state index in [1.54, 1.807) is 32.7 Å². The van der Waals surface area contributed by atoms with Crippen LogP contribution in [0.25, 0.3) is 0 Å². The van der Waals surface area contributed by atoms with Crippen LogP contribution in [0.2, 0.25) is 0 Å². The minimum atomic E-state index is -1.15. The van der Waals surface area contributed by atoms with Crippen molar-refractivity contribution in [1.29, 1.82) is 0 Å². The summed E-state index contributed by atoms with van der Waals surface area (Å²) < 4.78 is 0. The lowest BCUT2D eigenvalue weighted by Gasteiger charge is -2.35. The van der Waals surface area contributed by atoms with Gasteiger partial charge in [0.15, 0.2) is 0 Å². The summed E-state index contributed by atoms with van der Waals surface area (Å²) in [5.74, 6) is 0.241. The number of likely N-dealkylation sites (N-methyl/N-ethyl adjacent to an activating group) is 2. The number of aliphatic hydroxyl groups is 1. The minimum absolute atomic E-state index is 0.0337. The van der Waals surface area contributed by atoms with Crippen LogP contribution in [0.1, 0.15) is 52.9 Å². The highest BCUT2D eigenvalue weighted by atomic mass is 32.2. The van der Waals surface area contributed by atoms with Crippen molar-refractivity contribution in [3.63, 3.8) is 0 Å². The Bertz CT molecular complexity index is 576. The lowest BCUT2D eigenvalue weighted by Crippen LogP contribution is -2.56. The summed E-state index contributed by atoms with van der Waals surface area (Å²) in [6.07, 6.45) is 3.57. The van der Waals surface area contributed by atoms with E-state index in [0.717, 1.165) is 25.4 Å². The SMILES string of the molecule is CCCC(=O)N(C)[C@H](CSCCN1CCCC1)C(=O)N(C)[C@@H](CC(C)(C)O)C(N)=O. The van der Waals surface area contributed by atoms with Gasteiger partial charge in [-0.05, 0) is 46.2 Å². The lowest BCUT2D eigenvalue weighted by atomic mass is 9.97. The summed E-state index contributed by atoms with van der Waals surface area (Å²) in [4.78, 5) is 43.0. The van der Waals surface area contributed by atoms with Gasteiger partial charge in [0.05, 0.1) is 5.60 Å². The molecule has 30 heavy (non-hydrogen) atoms. The van der Waals surface area contributed by atoms with Gasteiger partial charge in [-0.25, -0.2) is 0 Å². The fourth-order valence-corrected chi connectivity index (χ4v) is 4.74. The van der Waals surface area contributed by atoms with Crippen LogP contribution in [0.5, 0.6) is 0 Å². The predicted molar refractivity (Wildman–Crippen MR) is 121 cm³/mol. The maximum absolute atomic E-state index is 13.3. The molecule has 0 aromatic heterocycles. The van der Waals surface area contributed by atoms with Crippen molar-refractivity contribution in [2.24, 2.45) is 5.73 Å². The minimum Gasteiger partial charge on any atom is -0.390 e. The molecule has 0 radical (unpaired) electrons. The first kappa shape index (κ1) is 26.7. The first-order chi connectivity index (χ1) is 14.0. The van der Waals surface area contributed by atoms with Gasteiger partial charge in [0.1, 0.15) is 12.1 Å². The first-order valence-electron chi connectivity index (χ1n) is 10.8. The number of thioether (sulfide) groups is 1. The fraction of sp³-hybridized carbons (Fsp3) is 0.857. The zero-order valence-electron chi connectivity index (χ0n) is 19.2. The van der Waals surface area contributed by atoms with E-state index in [1.807, 2.05) is 6.92 Å². The topological polar surface area (TPSA) is 107 Å². The lowest BCUT2D eigenvalue weighted by molar-refractivity contribution is -0.147. The van der Waals surface area contributed by atoms with Gasteiger partial charge in [-0.15, -0.1) is 0 Å². The van der Waals surface area contributed by atoms with Crippen LogP contribution in [0, 0.1) is 0 Å². The molecule has 1 saturated heterocycles. The highest BCUT2D eigenvalue weighted by Gasteiger charge is 2.36. The third kappa shape index (κ3) is 8.81. The number of likely N-dealkylation sites (tertiary alicyclic amines) is 1. The molecule has 1 heterocycles. The zero-order chi connectivity index (χ0) is 22.9. The smallest absolute Gasteiger partial charge is 0.246 e. The number of nitrogens with zero attached hydrogens (tertiary/aromatic N) is 3. The maximum Gasteiger partial charge on any atom is 0.246 e. The van der Waals surface area contributed by atoms with Crippen LogP contribution in [0.15, 0.2) is 0 Å². The van der Waals surface area contributed by atoms with Crippen molar-refractivity contribution in [2.45, 2.75) is 70.6 Å². The molecule has 8 nitrogen and oxygen atoms in total. The average molecular weight is 445 g/mol. The summed E-state index contributed by atoms with van der Waals surface area (Å²) >= 11 is 1.64. The molecular weight excluding hydrogens is 404 g/mol. The molecule has 1 fully saturated rings. The van der Waals surface area contributed by atoms with Crippen molar-refractivity contribution >= 4 is 29.5 Å². The van der Waals surface area contributed by atoms with E-state index in [-0.39, 0.29) is 18.2 Å². The first-order valence-corrected chi connectivity index (χ1v) is 12.0. The highest BCUT2D eigenvalue weighted by Crippen LogP contribution is 2.19. The maximum atomic E-state index is 13.3. The summed E-state index contributed by atoms with van der Waals surface area (Å²) in [5.41, 5.74) is 4.37. The summed E-state index contributed by atoms with van der Waals surface area (Å²) in [6, 6.07) is -1.62. The summed E-state index contributed by atoms with van der Waals surface area (Å²) in [5, 5.41) is 10.1. The normalized spacial score (nSPS) is 16.9. The molecule has 2 atom stereocenters. The van der Waals surface area contributed by atoms with E-state index < -0.39 is 23.6 Å². The van der Waals surface area contributed by atoms with Crippen molar-refractivity contribution in [1.82, 2.24) is 14.7 Å². The molecule has 0 bridgehead atoms. The molecule has 0 spiro atoms. The zero-order valence-corrected chi connectivity index (χ0v) is 20.0. The van der Waals surface area contributed by atoms with Gasteiger partial charge >= 0.3 is 0 Å². The Hall–Kier alpha value is -1.32. The number of nitrogens with two attached hydrogens (primary N) is 1. The number of amides is 3. The molecule has 1 rings (SSSR count). The molecule has 3 N–H and O–H groups in total. The van der Waals surface area contributed by atoms with Crippen molar-refractivity contribution < 1.29 is 19.5 Å². The molecule has 1 aliphatic rings. The standard InChI is InChI=1S/C21H40N4O4S/c1-6-9-18(26)23(4)17(15-30-13-12-25-10-7-8-11-25)20(28)24(5)16(19(22)27)14-21(2,3)29/h16-17,29H,6-15H2,1-5H3,(H2,22,27)/t16-,17+/m0/s1. The molecule has 0 aliphatic carbocycles. The number of hydrogen-bond acceptors (Lipinski definition) is 6. The van der Waals surface area contributed by atoms with E-state index in [1.165, 1.54) is 29.7 Å². The quantitative estimate of drug-likeness (QED) is 0.409. The third-order valence-corrected chi connectivity index (χ3v) is 6.50. The second kappa shape index (κ2) is 12.5. The fourth-order valence-electron chi connectivity index (χ4n) is 3.60. The van der Waals surface area contributed by atoms with Gasteiger partial charge in [0.2, 0.25) is 17.7 Å². The largest absolute Gasteiger partial charge is 0.390 e. The summed E-state index contributed by atoms with van der Waals surface area (Å²) in [7, 11) is 3.16. The Morgan fingerprint density at radius 2 is 1.73 bits per heavy atom.